The molecule has 21 heavy (non-hydrogen) atoms. The van der Waals surface area contributed by atoms with Gasteiger partial charge in [0, 0.05) is 26.3 Å². The van der Waals surface area contributed by atoms with Crippen LogP contribution in [0.5, 0.6) is 0 Å². The first-order valence-corrected chi connectivity index (χ1v) is 8.54. The number of carbonyl (C=O) groups excluding carboxylic acids is 1. The maximum absolute atomic E-state index is 12.4. The fourth-order valence-electron chi connectivity index (χ4n) is 2.86. The molecular weight excluding hydrogens is 290 g/mol. The van der Waals surface area contributed by atoms with Crippen LogP contribution >= 0.6 is 0 Å². The number of hydrogen-bond acceptors (Lipinski definition) is 3. The highest BCUT2D eigenvalue weighted by atomic mass is 32.2. The van der Waals surface area contributed by atoms with E-state index < -0.39 is 10.0 Å². The Kier molecular flexibility index (Phi) is 4.17. The Morgan fingerprint density at radius 3 is 2.62 bits per heavy atom. The summed E-state index contributed by atoms with van der Waals surface area (Å²) in [6.45, 7) is 4.29. The molecule has 1 aliphatic carbocycles. The summed E-state index contributed by atoms with van der Waals surface area (Å²) in [6, 6.07) is 1.37. The fraction of sp³-hybridized carbons (Fsp3) is 0.643. The summed E-state index contributed by atoms with van der Waals surface area (Å²) in [5.74, 6) is -0.305. The summed E-state index contributed by atoms with van der Waals surface area (Å²) in [7, 11) is -0.417. The molecule has 1 aliphatic rings. The maximum Gasteiger partial charge on any atom is 0.267 e. The average Bonchev–Trinajstić information content (AvgIpc) is 2.91. The molecule has 1 aromatic rings. The smallest absolute Gasteiger partial charge is 0.267 e. The van der Waals surface area contributed by atoms with Gasteiger partial charge in [0.2, 0.25) is 10.0 Å². The number of aromatic nitrogens is 1. The van der Waals surface area contributed by atoms with Gasteiger partial charge in [-0.15, -0.1) is 0 Å². The highest BCUT2D eigenvalue weighted by Crippen LogP contribution is 2.37. The Morgan fingerprint density at radius 1 is 1.43 bits per heavy atom. The number of carbonyl (C=O) groups is 1. The largest absolute Gasteiger partial charge is 0.354 e. The van der Waals surface area contributed by atoms with Crippen LogP contribution in [0.25, 0.3) is 0 Å². The zero-order valence-corrected chi connectivity index (χ0v) is 13.8. The highest BCUT2D eigenvalue weighted by Gasteiger charge is 2.34. The van der Waals surface area contributed by atoms with Crippen molar-refractivity contribution in [3.05, 3.63) is 18.0 Å². The second-order valence-corrected chi connectivity index (χ2v) is 8.19. The van der Waals surface area contributed by atoms with Gasteiger partial charge in [-0.3, -0.25) is 4.79 Å². The van der Waals surface area contributed by atoms with Crippen LogP contribution in [0.2, 0.25) is 0 Å². The molecular formula is C14H23N3O3S. The summed E-state index contributed by atoms with van der Waals surface area (Å²) in [5.41, 5.74) is 0.501. The van der Waals surface area contributed by atoms with Crippen molar-refractivity contribution in [2.24, 2.45) is 12.5 Å². The quantitative estimate of drug-likeness (QED) is 0.877. The third-order valence-corrected chi connectivity index (χ3v) is 5.53. The molecule has 0 saturated heterocycles. The van der Waals surface area contributed by atoms with Crippen LogP contribution in [0.1, 0.15) is 43.6 Å². The van der Waals surface area contributed by atoms with Gasteiger partial charge < -0.3 is 9.88 Å². The first-order valence-electron chi connectivity index (χ1n) is 7.05. The molecule has 7 heteroatoms. The molecule has 1 unspecified atom stereocenters. The zero-order chi connectivity index (χ0) is 15.8. The Labute approximate surface area is 126 Å². The van der Waals surface area contributed by atoms with Crippen LogP contribution in [-0.2, 0) is 17.1 Å². The highest BCUT2D eigenvalue weighted by molar-refractivity contribution is 7.89. The van der Waals surface area contributed by atoms with E-state index in [4.69, 9.17) is 0 Å². The second-order valence-electron chi connectivity index (χ2n) is 6.48. The number of nitrogens with zero attached hydrogens (tertiary/aromatic N) is 1. The predicted octanol–water partition coefficient (Wildman–Crippen LogP) is 1.24. The van der Waals surface area contributed by atoms with E-state index in [1.807, 2.05) is 0 Å². The van der Waals surface area contributed by atoms with Crippen molar-refractivity contribution >= 4 is 15.9 Å². The topological polar surface area (TPSA) is 80.2 Å². The molecule has 1 aromatic heterocycles. The second kappa shape index (κ2) is 5.46. The van der Waals surface area contributed by atoms with Crippen molar-refractivity contribution < 1.29 is 13.2 Å². The van der Waals surface area contributed by atoms with Gasteiger partial charge in [0.15, 0.2) is 0 Å². The lowest BCUT2D eigenvalue weighted by Gasteiger charge is -2.17. The van der Waals surface area contributed by atoms with Crippen LogP contribution in [-0.4, -0.2) is 32.0 Å². The predicted molar refractivity (Wildman–Crippen MR) is 80.5 cm³/mol. The van der Waals surface area contributed by atoms with E-state index in [-0.39, 0.29) is 22.3 Å². The van der Waals surface area contributed by atoms with Crippen molar-refractivity contribution in [3.8, 4) is 0 Å². The van der Waals surface area contributed by atoms with Crippen molar-refractivity contribution in [2.75, 3.05) is 7.05 Å². The molecule has 2 N–H and O–H groups in total. The van der Waals surface area contributed by atoms with Gasteiger partial charge in [-0.05, 0) is 30.7 Å². The van der Waals surface area contributed by atoms with Gasteiger partial charge in [-0.25, -0.2) is 13.1 Å². The Hall–Kier alpha value is -1.34. The van der Waals surface area contributed by atoms with Gasteiger partial charge in [-0.1, -0.05) is 13.8 Å². The van der Waals surface area contributed by atoms with Crippen molar-refractivity contribution in [3.63, 3.8) is 0 Å². The van der Waals surface area contributed by atoms with Gasteiger partial charge in [0.1, 0.15) is 10.6 Å². The fourth-order valence-corrected chi connectivity index (χ4v) is 4.20. The normalized spacial score (nSPS) is 21.4. The monoisotopic (exact) mass is 313 g/mol. The van der Waals surface area contributed by atoms with Crippen molar-refractivity contribution in [2.45, 2.75) is 44.0 Å². The van der Waals surface area contributed by atoms with E-state index in [0.717, 1.165) is 19.3 Å². The number of rotatable bonds is 4. The molecule has 1 fully saturated rings. The lowest BCUT2D eigenvalue weighted by atomic mass is 9.92. The molecule has 1 saturated carbocycles. The first-order chi connectivity index (χ1) is 9.64. The van der Waals surface area contributed by atoms with Crippen molar-refractivity contribution in [1.29, 1.82) is 0 Å². The molecule has 0 aromatic carbocycles. The first kappa shape index (κ1) is 16.0. The SMILES string of the molecule is CNC(=O)c1cc(S(=O)(=O)NC2CCC(C)(C)C2)cn1C. The standard InChI is InChI=1S/C14H23N3O3S/c1-14(2)6-5-10(8-14)16-21(19,20)11-7-12(13(18)15-3)17(4)9-11/h7,9-10,16H,5-6,8H2,1-4H3,(H,15,18). The third-order valence-electron chi connectivity index (χ3n) is 4.04. The number of amides is 1. The van der Waals surface area contributed by atoms with Gasteiger partial charge >= 0.3 is 0 Å². The molecule has 1 atom stereocenters. The number of hydrogen-bond donors (Lipinski definition) is 2. The molecule has 0 spiro atoms. The summed E-state index contributed by atoms with van der Waals surface area (Å²) in [4.78, 5) is 11.8. The average molecular weight is 313 g/mol. The zero-order valence-electron chi connectivity index (χ0n) is 12.9. The lowest BCUT2D eigenvalue weighted by molar-refractivity contribution is 0.0955. The maximum atomic E-state index is 12.4. The minimum Gasteiger partial charge on any atom is -0.354 e. The van der Waals surface area contributed by atoms with Crippen molar-refractivity contribution in [1.82, 2.24) is 14.6 Å². The van der Waals surface area contributed by atoms with E-state index in [0.29, 0.717) is 5.69 Å². The molecule has 6 nitrogen and oxygen atoms in total. The summed E-state index contributed by atoms with van der Waals surface area (Å²) >= 11 is 0. The van der Waals surface area contributed by atoms with Crippen LogP contribution in [0.15, 0.2) is 17.2 Å². The molecule has 0 aliphatic heterocycles. The summed E-state index contributed by atoms with van der Waals surface area (Å²) < 4.78 is 29.1. The van der Waals surface area contributed by atoms with Crippen LogP contribution in [0.4, 0.5) is 0 Å². The summed E-state index contributed by atoms with van der Waals surface area (Å²) in [5, 5.41) is 2.50. The van der Waals surface area contributed by atoms with Gasteiger partial charge in [0.25, 0.3) is 5.91 Å². The Balaban J connectivity index is 2.19. The molecule has 0 radical (unpaired) electrons. The van der Waals surface area contributed by atoms with Crippen LogP contribution < -0.4 is 10.0 Å². The molecule has 118 valence electrons. The van der Waals surface area contributed by atoms with E-state index in [2.05, 4.69) is 23.9 Å². The van der Waals surface area contributed by atoms with E-state index >= 15 is 0 Å². The van der Waals surface area contributed by atoms with E-state index in [9.17, 15) is 13.2 Å². The summed E-state index contributed by atoms with van der Waals surface area (Å²) in [6.07, 6.45) is 4.16. The number of aryl methyl sites for hydroxylation is 1. The minimum atomic E-state index is -3.59. The Bertz CT molecular complexity index is 646. The Morgan fingerprint density at radius 2 is 2.10 bits per heavy atom. The van der Waals surface area contributed by atoms with Gasteiger partial charge in [0.05, 0.1) is 0 Å². The molecule has 1 heterocycles. The van der Waals surface area contributed by atoms with E-state index in [1.165, 1.54) is 23.9 Å². The number of nitrogens with one attached hydrogen (secondary N) is 2. The van der Waals surface area contributed by atoms with E-state index in [1.54, 1.807) is 7.05 Å². The lowest BCUT2D eigenvalue weighted by Crippen LogP contribution is -2.33. The third kappa shape index (κ3) is 3.47. The molecule has 1 amide bonds. The van der Waals surface area contributed by atoms with Crippen LogP contribution in [0.3, 0.4) is 0 Å². The molecule has 2 rings (SSSR count). The molecule has 0 bridgehead atoms. The minimum absolute atomic E-state index is 0.0337. The van der Waals surface area contributed by atoms with Crippen LogP contribution in [0, 0.1) is 5.41 Å². The number of sulfonamides is 1. The van der Waals surface area contributed by atoms with Gasteiger partial charge in [-0.2, -0.15) is 0 Å².